The monoisotopic (exact) mass is 215 g/mol. The van der Waals surface area contributed by atoms with Crippen molar-refractivity contribution in [1.29, 1.82) is 0 Å². The van der Waals surface area contributed by atoms with Gasteiger partial charge in [0, 0.05) is 0 Å². The first-order chi connectivity index (χ1) is 6.81. The Bertz CT molecular complexity index is 166. The molecule has 0 radical (unpaired) electrons. The Morgan fingerprint density at radius 1 is 1.20 bits per heavy atom. The first-order valence-corrected chi connectivity index (χ1v) is 6.16. The van der Waals surface area contributed by atoms with Crippen molar-refractivity contribution in [2.45, 2.75) is 60.1 Å². The topological polar surface area (TPSA) is 32.3 Å². The van der Waals surface area contributed by atoms with Crippen LogP contribution in [0.15, 0.2) is 0 Å². The quantitative estimate of drug-likeness (QED) is 0.640. The highest BCUT2D eigenvalue weighted by Gasteiger charge is 2.22. The average Bonchev–Trinajstić information content (AvgIpc) is 2.15. The van der Waals surface area contributed by atoms with Gasteiger partial charge in [-0.1, -0.05) is 41.0 Å². The molecule has 0 aliphatic rings. The van der Waals surface area contributed by atoms with Gasteiger partial charge < -0.3 is 5.11 Å². The summed E-state index contributed by atoms with van der Waals surface area (Å²) in [6.07, 6.45) is 3.18. The minimum Gasteiger partial charge on any atom is -0.378 e. The molecule has 0 aliphatic heterocycles. The molecule has 0 heterocycles. The van der Waals surface area contributed by atoms with E-state index in [0.717, 1.165) is 12.3 Å². The summed E-state index contributed by atoms with van der Waals surface area (Å²) in [4.78, 5) is 0. The van der Waals surface area contributed by atoms with E-state index in [1.807, 2.05) is 0 Å². The van der Waals surface area contributed by atoms with E-state index in [9.17, 15) is 5.11 Å². The highest BCUT2D eigenvalue weighted by molar-refractivity contribution is 4.73. The van der Waals surface area contributed by atoms with E-state index in [-0.39, 0.29) is 6.23 Å². The lowest BCUT2D eigenvalue weighted by molar-refractivity contribution is 0.0820. The molecule has 0 bridgehead atoms. The van der Waals surface area contributed by atoms with Gasteiger partial charge in [-0.25, -0.2) is 0 Å². The van der Waals surface area contributed by atoms with Crippen molar-refractivity contribution in [1.82, 2.24) is 5.32 Å². The van der Waals surface area contributed by atoms with Crippen LogP contribution in [0.25, 0.3) is 0 Å². The number of hydrogen-bond acceptors (Lipinski definition) is 2. The van der Waals surface area contributed by atoms with Gasteiger partial charge in [0.15, 0.2) is 0 Å². The molecule has 0 rings (SSSR count). The predicted molar refractivity (Wildman–Crippen MR) is 66.7 cm³/mol. The molecule has 0 saturated carbocycles. The minimum atomic E-state index is -0.354. The first-order valence-electron chi connectivity index (χ1n) is 6.16. The van der Waals surface area contributed by atoms with Crippen LogP contribution in [0, 0.1) is 17.3 Å². The maximum absolute atomic E-state index is 9.55. The van der Waals surface area contributed by atoms with Crippen LogP contribution >= 0.6 is 0 Å². The number of nitrogens with one attached hydrogen (secondary N) is 1. The third-order valence-corrected chi connectivity index (χ3v) is 3.88. The van der Waals surface area contributed by atoms with Gasteiger partial charge >= 0.3 is 0 Å². The van der Waals surface area contributed by atoms with E-state index in [0.29, 0.717) is 11.3 Å². The number of hydrogen-bond donors (Lipinski definition) is 2. The molecule has 0 aromatic heterocycles. The van der Waals surface area contributed by atoms with Crippen molar-refractivity contribution >= 4 is 0 Å². The molecular weight excluding hydrogens is 186 g/mol. The van der Waals surface area contributed by atoms with Crippen molar-refractivity contribution in [2.24, 2.45) is 17.3 Å². The molecule has 2 heteroatoms. The molecule has 0 fully saturated rings. The van der Waals surface area contributed by atoms with E-state index in [2.05, 4.69) is 39.9 Å². The van der Waals surface area contributed by atoms with E-state index in [4.69, 9.17) is 0 Å². The lowest BCUT2D eigenvalue weighted by atomic mass is 9.76. The zero-order valence-corrected chi connectivity index (χ0v) is 11.3. The second-order valence-electron chi connectivity index (χ2n) is 5.75. The molecule has 92 valence electrons. The van der Waals surface area contributed by atoms with E-state index in [1.54, 1.807) is 7.05 Å². The Labute approximate surface area is 95.5 Å². The summed E-state index contributed by atoms with van der Waals surface area (Å²) in [6.45, 7) is 11.3. The molecule has 0 aromatic rings. The largest absolute Gasteiger partial charge is 0.378 e. The smallest absolute Gasteiger partial charge is 0.107 e. The molecule has 0 spiro atoms. The molecule has 2 unspecified atom stereocenters. The Balaban J connectivity index is 3.79. The standard InChI is InChI=1S/C13H29NO/c1-10(2)13(4,5)9-7-8-11(3)12(15)14-6/h10-12,14-15H,7-9H2,1-6H3. The normalized spacial score (nSPS) is 16.8. The Hall–Kier alpha value is -0.0800. The number of rotatable bonds is 7. The summed E-state index contributed by atoms with van der Waals surface area (Å²) in [6, 6.07) is 0. The SMILES string of the molecule is CNC(O)C(C)CCCC(C)(C)C(C)C. The summed E-state index contributed by atoms with van der Waals surface area (Å²) < 4.78 is 0. The molecule has 2 nitrogen and oxygen atoms in total. The zero-order valence-electron chi connectivity index (χ0n) is 11.3. The molecule has 0 saturated heterocycles. The van der Waals surface area contributed by atoms with Crippen LogP contribution in [0.5, 0.6) is 0 Å². The van der Waals surface area contributed by atoms with Crippen molar-refractivity contribution in [3.63, 3.8) is 0 Å². The first kappa shape index (κ1) is 14.9. The zero-order chi connectivity index (χ0) is 12.1. The van der Waals surface area contributed by atoms with Gasteiger partial charge in [0.25, 0.3) is 0 Å². The predicted octanol–water partition coefficient (Wildman–Crippen LogP) is 3.01. The molecule has 2 N–H and O–H groups in total. The van der Waals surface area contributed by atoms with Gasteiger partial charge in [0.1, 0.15) is 6.23 Å². The van der Waals surface area contributed by atoms with Gasteiger partial charge in [0.05, 0.1) is 0 Å². The molecular formula is C13H29NO. The molecule has 2 atom stereocenters. The van der Waals surface area contributed by atoms with Gasteiger partial charge in [-0.15, -0.1) is 0 Å². The summed E-state index contributed by atoms with van der Waals surface area (Å²) >= 11 is 0. The van der Waals surface area contributed by atoms with Crippen LogP contribution in [-0.4, -0.2) is 18.4 Å². The van der Waals surface area contributed by atoms with Gasteiger partial charge in [-0.3, -0.25) is 5.32 Å². The summed E-state index contributed by atoms with van der Waals surface area (Å²) in [5.41, 5.74) is 0.421. The van der Waals surface area contributed by atoms with Crippen LogP contribution in [0.2, 0.25) is 0 Å². The molecule has 0 aromatic carbocycles. The van der Waals surface area contributed by atoms with Crippen LogP contribution in [-0.2, 0) is 0 Å². The van der Waals surface area contributed by atoms with Crippen molar-refractivity contribution in [3.05, 3.63) is 0 Å². The van der Waals surface area contributed by atoms with Gasteiger partial charge in [-0.2, -0.15) is 0 Å². The van der Waals surface area contributed by atoms with Crippen LogP contribution < -0.4 is 5.32 Å². The van der Waals surface area contributed by atoms with E-state index < -0.39 is 0 Å². The van der Waals surface area contributed by atoms with Crippen LogP contribution in [0.1, 0.15) is 53.9 Å². The maximum Gasteiger partial charge on any atom is 0.107 e. The third kappa shape index (κ3) is 5.53. The van der Waals surface area contributed by atoms with Gasteiger partial charge in [-0.05, 0) is 37.1 Å². The second-order valence-corrected chi connectivity index (χ2v) is 5.75. The summed E-state index contributed by atoms with van der Waals surface area (Å²) in [5, 5.41) is 12.4. The minimum absolute atomic E-state index is 0.345. The molecule has 0 amide bonds. The van der Waals surface area contributed by atoms with Crippen LogP contribution in [0.4, 0.5) is 0 Å². The van der Waals surface area contributed by atoms with Crippen molar-refractivity contribution < 1.29 is 5.11 Å². The number of aliphatic hydroxyl groups is 1. The lowest BCUT2D eigenvalue weighted by Crippen LogP contribution is -2.31. The van der Waals surface area contributed by atoms with Crippen LogP contribution in [0.3, 0.4) is 0 Å². The van der Waals surface area contributed by atoms with E-state index >= 15 is 0 Å². The van der Waals surface area contributed by atoms with Crippen molar-refractivity contribution in [2.75, 3.05) is 7.05 Å². The highest BCUT2D eigenvalue weighted by atomic mass is 16.3. The fourth-order valence-corrected chi connectivity index (χ4v) is 1.61. The van der Waals surface area contributed by atoms with Gasteiger partial charge in [0.2, 0.25) is 0 Å². The Morgan fingerprint density at radius 2 is 1.73 bits per heavy atom. The summed E-state index contributed by atoms with van der Waals surface area (Å²) in [7, 11) is 1.80. The summed E-state index contributed by atoms with van der Waals surface area (Å²) in [5.74, 6) is 1.07. The maximum atomic E-state index is 9.55. The highest BCUT2D eigenvalue weighted by Crippen LogP contribution is 2.32. The molecule has 0 aliphatic carbocycles. The van der Waals surface area contributed by atoms with Crippen molar-refractivity contribution in [3.8, 4) is 0 Å². The molecule has 15 heavy (non-hydrogen) atoms. The fraction of sp³-hybridized carbons (Fsp3) is 1.00. The van der Waals surface area contributed by atoms with E-state index in [1.165, 1.54) is 12.8 Å². The lowest BCUT2D eigenvalue weighted by Gasteiger charge is -2.30. The average molecular weight is 215 g/mol. The Kier molecular flexibility index (Phi) is 6.46. The Morgan fingerprint density at radius 3 is 2.13 bits per heavy atom. The fourth-order valence-electron chi connectivity index (χ4n) is 1.61. The second kappa shape index (κ2) is 6.49. The third-order valence-electron chi connectivity index (χ3n) is 3.88. The number of aliphatic hydroxyl groups excluding tert-OH is 1.